The molecule has 0 aliphatic carbocycles. The molecule has 0 aromatic rings. The summed E-state index contributed by atoms with van der Waals surface area (Å²) in [5.74, 6) is 0. The summed E-state index contributed by atoms with van der Waals surface area (Å²) in [6.07, 6.45) is -4.62. The van der Waals surface area contributed by atoms with Gasteiger partial charge in [-0.2, -0.15) is 13.2 Å². The third-order valence-electron chi connectivity index (χ3n) is 0.152. The number of alkyl halides is 4. The van der Waals surface area contributed by atoms with Crippen molar-refractivity contribution in [3.8, 4) is 0 Å². The molecule has 0 spiro atoms. The van der Waals surface area contributed by atoms with E-state index in [-0.39, 0.29) is 37.7 Å². The first-order chi connectivity index (χ1) is 2.56. The van der Waals surface area contributed by atoms with Gasteiger partial charge >= 0.3 is 6.18 Å². The van der Waals surface area contributed by atoms with Crippen molar-refractivity contribution in [1.82, 2.24) is 0 Å². The van der Waals surface area contributed by atoms with Crippen LogP contribution in [0.5, 0.6) is 0 Å². The predicted molar refractivity (Wildman–Crippen MR) is 12.0 cm³/mol. The molecule has 0 aromatic carbocycles. The van der Waals surface area contributed by atoms with Crippen molar-refractivity contribution in [2.75, 3.05) is 6.67 Å². The molecule has 0 aliphatic heterocycles. The average Bonchev–Trinajstić information content (AvgIpc) is 1.35. The Morgan fingerprint density at radius 2 is 1.29 bits per heavy atom. The van der Waals surface area contributed by atoms with Gasteiger partial charge in [-0.15, -0.1) is 0 Å². The quantitative estimate of drug-likeness (QED) is 0.449. The molecule has 46 valence electrons. The SMILES string of the molecule is FCC(F)(F)F.[Ar]. The zero-order valence-electron chi connectivity index (χ0n) is 3.07. The van der Waals surface area contributed by atoms with Crippen molar-refractivity contribution in [1.29, 1.82) is 0 Å². The van der Waals surface area contributed by atoms with Gasteiger partial charge in [-0.3, -0.25) is 0 Å². The van der Waals surface area contributed by atoms with E-state index in [1.54, 1.807) is 0 Å². The topological polar surface area (TPSA) is 0 Å². The Labute approximate surface area is 67.9 Å². The van der Waals surface area contributed by atoms with Crippen LogP contribution in [0.1, 0.15) is 0 Å². The fraction of sp³-hybridized carbons (Fsp3) is 1.00. The summed E-state index contributed by atoms with van der Waals surface area (Å²) >= 11 is 0. The molecule has 0 fully saturated rings. The second-order valence-corrected chi connectivity index (χ2v) is 0.749. The molecule has 0 aliphatic rings. The first-order valence-corrected chi connectivity index (χ1v) is 1.19. The Bertz CT molecular complexity index is 39.4. The van der Waals surface area contributed by atoms with Crippen LogP contribution in [0, 0.1) is 37.7 Å². The molecule has 0 unspecified atom stereocenters. The molecular weight excluding hydrogens is 140 g/mol. The minimum Gasteiger partial charge on any atom is -0.241 e. The van der Waals surface area contributed by atoms with E-state index in [0.29, 0.717) is 0 Å². The van der Waals surface area contributed by atoms with Crippen LogP contribution in [-0.2, 0) is 0 Å². The molecule has 7 heavy (non-hydrogen) atoms. The van der Waals surface area contributed by atoms with Crippen LogP contribution in [0.2, 0.25) is 0 Å². The van der Waals surface area contributed by atoms with Crippen molar-refractivity contribution < 1.29 is 55.3 Å². The van der Waals surface area contributed by atoms with E-state index in [0.717, 1.165) is 0 Å². The van der Waals surface area contributed by atoms with E-state index < -0.39 is 12.9 Å². The fourth-order valence-corrected chi connectivity index (χ4v) is 0. The van der Waals surface area contributed by atoms with Gasteiger partial charge in [0.15, 0.2) is 6.67 Å². The molecule has 5 heteroatoms. The summed E-state index contributed by atoms with van der Waals surface area (Å²) in [5.41, 5.74) is 0. The Balaban J connectivity index is 0. The third kappa shape index (κ3) is 10.9. The summed E-state index contributed by atoms with van der Waals surface area (Å²) in [6.45, 7) is -2.23. The maximum atomic E-state index is 10.4. The first kappa shape index (κ1) is 10.9. The number of hydrogen-bond acceptors (Lipinski definition) is 0. The van der Waals surface area contributed by atoms with Crippen molar-refractivity contribution in [3.05, 3.63) is 0 Å². The van der Waals surface area contributed by atoms with E-state index in [1.807, 2.05) is 0 Å². The van der Waals surface area contributed by atoms with E-state index in [4.69, 9.17) is 0 Å². The predicted octanol–water partition coefficient (Wildman–Crippen LogP) is 1.52. The second-order valence-electron chi connectivity index (χ2n) is 0.749. The monoisotopic (exact) mass is 142 g/mol. The molecular formula is C2H2ArF4. The number of hydrogen-bond donors (Lipinski definition) is 0. The zero-order chi connectivity index (χ0) is 5.21. The van der Waals surface area contributed by atoms with Gasteiger partial charge in [0.1, 0.15) is 0 Å². The van der Waals surface area contributed by atoms with E-state index in [9.17, 15) is 17.6 Å². The van der Waals surface area contributed by atoms with E-state index >= 15 is 0 Å². The first-order valence-electron chi connectivity index (χ1n) is 1.19. The maximum Gasteiger partial charge on any atom is 0.416 e. The molecule has 0 radical (unpaired) electrons. The van der Waals surface area contributed by atoms with Gasteiger partial charge < -0.3 is 0 Å². The smallest absolute Gasteiger partial charge is 0.241 e. The summed E-state index contributed by atoms with van der Waals surface area (Å²) in [5, 5.41) is 0. The van der Waals surface area contributed by atoms with Gasteiger partial charge in [-0.05, 0) is 0 Å². The fourth-order valence-electron chi connectivity index (χ4n) is 0. The van der Waals surface area contributed by atoms with Crippen molar-refractivity contribution in [2.24, 2.45) is 0 Å². The molecule has 0 saturated heterocycles. The van der Waals surface area contributed by atoms with Gasteiger partial charge in [0.2, 0.25) is 0 Å². The van der Waals surface area contributed by atoms with Crippen LogP contribution in [0.3, 0.4) is 0 Å². The molecule has 0 nitrogen and oxygen atoms in total. The summed E-state index contributed by atoms with van der Waals surface area (Å²) in [7, 11) is 0. The Morgan fingerprint density at radius 1 is 1.14 bits per heavy atom. The molecule has 0 aromatic heterocycles. The van der Waals surface area contributed by atoms with Crippen molar-refractivity contribution in [3.63, 3.8) is 0 Å². The molecule has 0 heterocycles. The molecule has 0 amide bonds. The van der Waals surface area contributed by atoms with E-state index in [2.05, 4.69) is 0 Å². The molecule has 0 bridgehead atoms. The standard InChI is InChI=1S/C2H2F4.Ar/c3-1-2(4,5)6;/h1H2;. The van der Waals surface area contributed by atoms with Gasteiger partial charge in [0, 0.05) is 37.7 Å². The summed E-state index contributed by atoms with van der Waals surface area (Å²) < 4.78 is 41.6. The zero-order valence-corrected chi connectivity index (χ0v) is 3.78. The largest absolute Gasteiger partial charge is 0.416 e. The van der Waals surface area contributed by atoms with Crippen LogP contribution < -0.4 is 0 Å². The van der Waals surface area contributed by atoms with Gasteiger partial charge in [-0.1, -0.05) is 0 Å². The van der Waals surface area contributed by atoms with Crippen LogP contribution in [0.4, 0.5) is 17.6 Å². The van der Waals surface area contributed by atoms with Gasteiger partial charge in [0.05, 0.1) is 0 Å². The van der Waals surface area contributed by atoms with E-state index in [1.165, 1.54) is 0 Å². The van der Waals surface area contributed by atoms with Crippen LogP contribution in [-0.4, -0.2) is 12.9 Å². The number of rotatable bonds is 0. The summed E-state index contributed by atoms with van der Waals surface area (Å²) in [4.78, 5) is 0. The van der Waals surface area contributed by atoms with Gasteiger partial charge in [-0.25, -0.2) is 4.39 Å². The van der Waals surface area contributed by atoms with Crippen molar-refractivity contribution >= 4 is 0 Å². The number of halogens is 4. The minimum atomic E-state index is -4.62. The molecule has 0 N–H and O–H groups in total. The van der Waals surface area contributed by atoms with Gasteiger partial charge in [0.25, 0.3) is 0 Å². The average molecular weight is 142 g/mol. The Morgan fingerprint density at radius 3 is 1.29 bits per heavy atom. The third-order valence-corrected chi connectivity index (χ3v) is 0.152. The van der Waals surface area contributed by atoms with Crippen LogP contribution >= 0.6 is 0 Å². The Kier molecular flexibility index (Phi) is 6.09. The molecule has 0 atom stereocenters. The summed E-state index contributed by atoms with van der Waals surface area (Å²) in [6, 6.07) is 0. The Hall–Kier alpha value is 0.980. The normalized spacial score (nSPS) is 10.3. The van der Waals surface area contributed by atoms with Crippen LogP contribution in [0.15, 0.2) is 0 Å². The van der Waals surface area contributed by atoms with Crippen LogP contribution in [0.25, 0.3) is 0 Å². The maximum absolute atomic E-state index is 10.4. The minimum absolute atomic E-state index is 0. The molecule has 0 saturated carbocycles. The van der Waals surface area contributed by atoms with Crippen molar-refractivity contribution in [2.45, 2.75) is 6.18 Å². The molecule has 0 rings (SSSR count). The second kappa shape index (κ2) is 3.92.